The quantitative estimate of drug-likeness (QED) is 0.916. The van der Waals surface area contributed by atoms with Crippen LogP contribution in [-0.2, 0) is 0 Å². The number of nitriles is 1. The van der Waals surface area contributed by atoms with Crippen molar-refractivity contribution in [1.29, 1.82) is 5.26 Å². The van der Waals surface area contributed by atoms with E-state index in [0.717, 1.165) is 25.3 Å². The van der Waals surface area contributed by atoms with Crippen molar-refractivity contribution in [1.82, 2.24) is 5.32 Å². The maximum Gasteiger partial charge on any atom is 0.126 e. The Kier molecular flexibility index (Phi) is 3.88. The third-order valence-corrected chi connectivity index (χ3v) is 4.18. The van der Waals surface area contributed by atoms with Crippen LogP contribution in [0.4, 0.5) is 10.1 Å². The molecule has 1 unspecified atom stereocenters. The van der Waals surface area contributed by atoms with E-state index in [1.54, 1.807) is 6.07 Å². The largest absolute Gasteiger partial charge is 0.368 e. The van der Waals surface area contributed by atoms with Gasteiger partial charge in [0.25, 0.3) is 0 Å². The zero-order valence-electron chi connectivity index (χ0n) is 11.6. The molecule has 2 aliphatic rings. The van der Waals surface area contributed by atoms with Gasteiger partial charge in [-0.15, -0.1) is 0 Å². The summed E-state index contributed by atoms with van der Waals surface area (Å²) in [5.41, 5.74) is 1.28. The molecule has 20 heavy (non-hydrogen) atoms. The molecule has 3 nitrogen and oxygen atoms in total. The fourth-order valence-corrected chi connectivity index (χ4v) is 3.01. The van der Waals surface area contributed by atoms with Crippen LogP contribution in [0.25, 0.3) is 0 Å². The van der Waals surface area contributed by atoms with Crippen molar-refractivity contribution in [2.45, 2.75) is 31.7 Å². The highest BCUT2D eigenvalue weighted by atomic mass is 19.1. The van der Waals surface area contributed by atoms with Gasteiger partial charge in [0, 0.05) is 18.3 Å². The van der Waals surface area contributed by atoms with Crippen molar-refractivity contribution in [3.8, 4) is 6.07 Å². The lowest BCUT2D eigenvalue weighted by molar-refractivity contribution is 0.376. The number of hydrogen-bond acceptors (Lipinski definition) is 3. The molecule has 4 heteroatoms. The van der Waals surface area contributed by atoms with Crippen LogP contribution >= 0.6 is 0 Å². The predicted octanol–water partition coefficient (Wildman–Crippen LogP) is 2.67. The molecule has 1 aromatic carbocycles. The number of anilines is 1. The van der Waals surface area contributed by atoms with Crippen molar-refractivity contribution >= 4 is 5.69 Å². The average Bonchev–Trinajstić information content (AvgIpc) is 3.29. The molecule has 106 valence electrons. The van der Waals surface area contributed by atoms with Crippen LogP contribution in [0.3, 0.4) is 0 Å². The van der Waals surface area contributed by atoms with Crippen molar-refractivity contribution < 1.29 is 4.39 Å². The molecule has 1 N–H and O–H groups in total. The lowest BCUT2D eigenvalue weighted by atomic mass is 9.98. The van der Waals surface area contributed by atoms with Crippen LogP contribution in [0.2, 0.25) is 0 Å². The molecule has 1 saturated carbocycles. The van der Waals surface area contributed by atoms with Crippen LogP contribution in [0.5, 0.6) is 0 Å². The van der Waals surface area contributed by atoms with Crippen molar-refractivity contribution in [2.75, 3.05) is 24.5 Å². The second-order valence-corrected chi connectivity index (χ2v) is 5.91. The normalized spacial score (nSPS) is 22.3. The summed E-state index contributed by atoms with van der Waals surface area (Å²) in [4.78, 5) is 2.31. The van der Waals surface area contributed by atoms with E-state index in [0.29, 0.717) is 17.5 Å². The van der Waals surface area contributed by atoms with E-state index in [1.807, 2.05) is 12.1 Å². The summed E-state index contributed by atoms with van der Waals surface area (Å²) in [6.45, 7) is 3.12. The van der Waals surface area contributed by atoms with Gasteiger partial charge in [-0.25, -0.2) is 4.39 Å². The van der Waals surface area contributed by atoms with E-state index in [1.165, 1.54) is 31.7 Å². The minimum atomic E-state index is -0.313. The molecular formula is C16H20FN3. The van der Waals surface area contributed by atoms with Gasteiger partial charge in [-0.05, 0) is 62.9 Å². The first-order chi connectivity index (χ1) is 9.76. The molecule has 1 aliphatic heterocycles. The maximum absolute atomic E-state index is 13.6. The number of hydrogen-bond donors (Lipinski definition) is 1. The van der Waals surface area contributed by atoms with E-state index in [-0.39, 0.29) is 5.82 Å². The number of nitrogens with zero attached hydrogens (tertiary/aromatic N) is 2. The van der Waals surface area contributed by atoms with Gasteiger partial charge in [0.15, 0.2) is 0 Å². The molecule has 0 spiro atoms. The molecule has 0 radical (unpaired) electrons. The van der Waals surface area contributed by atoms with Gasteiger partial charge >= 0.3 is 0 Å². The Balaban J connectivity index is 1.79. The van der Waals surface area contributed by atoms with Crippen LogP contribution in [-0.4, -0.2) is 25.7 Å². The number of rotatable bonds is 4. The highest BCUT2D eigenvalue weighted by Gasteiger charge is 2.31. The first-order valence-electron chi connectivity index (χ1n) is 7.44. The molecule has 1 atom stereocenters. The monoisotopic (exact) mass is 273 g/mol. The molecule has 1 saturated heterocycles. The Morgan fingerprint density at radius 1 is 1.30 bits per heavy atom. The Morgan fingerprint density at radius 3 is 2.80 bits per heavy atom. The van der Waals surface area contributed by atoms with Gasteiger partial charge in [-0.1, -0.05) is 0 Å². The molecule has 1 heterocycles. The third-order valence-electron chi connectivity index (χ3n) is 4.18. The van der Waals surface area contributed by atoms with Gasteiger partial charge in [-0.3, -0.25) is 0 Å². The zero-order valence-corrected chi connectivity index (χ0v) is 11.6. The Hall–Kier alpha value is -1.60. The third kappa shape index (κ3) is 3.10. The minimum Gasteiger partial charge on any atom is -0.368 e. The summed E-state index contributed by atoms with van der Waals surface area (Å²) >= 11 is 0. The number of nitrogens with one attached hydrogen (secondary N) is 1. The summed E-state index contributed by atoms with van der Waals surface area (Å²) < 4.78 is 13.6. The first kappa shape index (κ1) is 13.4. The number of halogens is 1. The molecule has 0 bridgehead atoms. The van der Waals surface area contributed by atoms with E-state index in [4.69, 9.17) is 5.26 Å². The summed E-state index contributed by atoms with van der Waals surface area (Å²) in [7, 11) is 0. The molecule has 1 aliphatic carbocycles. The average molecular weight is 273 g/mol. The Morgan fingerprint density at radius 2 is 2.15 bits per heavy atom. The lowest BCUT2D eigenvalue weighted by Crippen LogP contribution is -2.39. The molecule has 0 aromatic heterocycles. The molecule has 3 rings (SSSR count). The van der Waals surface area contributed by atoms with Crippen LogP contribution in [0.1, 0.15) is 31.2 Å². The van der Waals surface area contributed by atoms with E-state index < -0.39 is 0 Å². The van der Waals surface area contributed by atoms with E-state index >= 15 is 0 Å². The van der Waals surface area contributed by atoms with Gasteiger partial charge in [0.2, 0.25) is 0 Å². The Labute approximate surface area is 119 Å². The number of benzene rings is 1. The minimum absolute atomic E-state index is 0.313. The van der Waals surface area contributed by atoms with Gasteiger partial charge in [-0.2, -0.15) is 5.26 Å². The predicted molar refractivity (Wildman–Crippen MR) is 77.1 cm³/mol. The fourth-order valence-electron chi connectivity index (χ4n) is 3.01. The topological polar surface area (TPSA) is 39.1 Å². The smallest absolute Gasteiger partial charge is 0.126 e. The Bertz CT molecular complexity index is 513. The van der Waals surface area contributed by atoms with Crippen LogP contribution in [0.15, 0.2) is 18.2 Å². The van der Waals surface area contributed by atoms with Crippen LogP contribution < -0.4 is 10.2 Å². The second kappa shape index (κ2) is 5.80. The van der Waals surface area contributed by atoms with E-state index in [2.05, 4.69) is 10.2 Å². The summed E-state index contributed by atoms with van der Waals surface area (Å²) in [6.07, 6.45) is 4.81. The maximum atomic E-state index is 13.6. The summed E-state index contributed by atoms with van der Waals surface area (Å²) in [5.74, 6) is 0.310. The first-order valence-corrected chi connectivity index (χ1v) is 7.44. The second-order valence-electron chi connectivity index (χ2n) is 5.91. The lowest BCUT2D eigenvalue weighted by Gasteiger charge is -2.32. The molecular weight excluding hydrogens is 253 g/mol. The van der Waals surface area contributed by atoms with Gasteiger partial charge in [0.1, 0.15) is 5.82 Å². The highest BCUT2D eigenvalue weighted by Crippen LogP contribution is 2.33. The van der Waals surface area contributed by atoms with Gasteiger partial charge in [0.05, 0.1) is 11.6 Å². The van der Waals surface area contributed by atoms with Crippen LogP contribution in [0, 0.1) is 23.1 Å². The molecule has 2 fully saturated rings. The summed E-state index contributed by atoms with van der Waals surface area (Å²) in [5, 5.41) is 12.4. The summed E-state index contributed by atoms with van der Waals surface area (Å²) in [6, 6.07) is 7.26. The van der Waals surface area contributed by atoms with Gasteiger partial charge < -0.3 is 10.2 Å². The SMILES string of the molecule is N#Cc1cc(F)cc(N(CC2CCCNC2)C2CC2)c1. The van der Waals surface area contributed by atoms with Crippen molar-refractivity contribution in [3.05, 3.63) is 29.6 Å². The zero-order chi connectivity index (χ0) is 13.9. The fraction of sp³-hybridized carbons (Fsp3) is 0.562. The molecule has 1 aromatic rings. The van der Waals surface area contributed by atoms with E-state index in [9.17, 15) is 4.39 Å². The number of piperidine rings is 1. The van der Waals surface area contributed by atoms with Crippen molar-refractivity contribution in [2.24, 2.45) is 5.92 Å². The van der Waals surface area contributed by atoms with Crippen molar-refractivity contribution in [3.63, 3.8) is 0 Å². The standard InChI is InChI=1S/C16H20FN3/c17-14-6-13(9-18)7-16(8-14)20(15-3-4-15)11-12-2-1-5-19-10-12/h6-8,12,15,19H,1-5,10-11H2. The highest BCUT2D eigenvalue weighted by molar-refractivity contribution is 5.53. The molecule has 0 amide bonds.